The summed E-state index contributed by atoms with van der Waals surface area (Å²) in [6, 6.07) is 15.1. The second-order valence-electron chi connectivity index (χ2n) is 7.62. The number of fused-ring (bicyclic) bond motifs is 1. The van der Waals surface area contributed by atoms with Crippen LogP contribution in [0.25, 0.3) is 10.9 Å². The number of likely N-dealkylation sites (tertiary alicyclic amines) is 1. The zero-order valence-electron chi connectivity index (χ0n) is 17.4. The zero-order valence-corrected chi connectivity index (χ0v) is 19.4. The molecule has 8 heteroatoms. The van der Waals surface area contributed by atoms with E-state index in [0.717, 1.165) is 40.8 Å². The molecule has 0 radical (unpaired) electrons. The third-order valence-electron chi connectivity index (χ3n) is 5.49. The summed E-state index contributed by atoms with van der Waals surface area (Å²) in [6.07, 6.45) is 4.23. The lowest BCUT2D eigenvalue weighted by Crippen LogP contribution is -2.38. The van der Waals surface area contributed by atoms with Crippen LogP contribution in [0.15, 0.2) is 48.7 Å². The number of benzene rings is 2. The van der Waals surface area contributed by atoms with Crippen molar-refractivity contribution >= 4 is 49.5 Å². The lowest BCUT2D eigenvalue weighted by Gasteiger charge is -2.23. The van der Waals surface area contributed by atoms with Gasteiger partial charge in [-0.3, -0.25) is 4.79 Å². The van der Waals surface area contributed by atoms with Gasteiger partial charge in [-0.05, 0) is 67.3 Å². The molecule has 2 aromatic carbocycles. The number of nitriles is 1. The van der Waals surface area contributed by atoms with Crippen LogP contribution in [0.2, 0.25) is 0 Å². The van der Waals surface area contributed by atoms with Gasteiger partial charge in [-0.15, -0.1) is 0 Å². The lowest BCUT2D eigenvalue weighted by molar-refractivity contribution is -0.134. The van der Waals surface area contributed by atoms with Gasteiger partial charge in [-0.1, -0.05) is 6.92 Å². The first-order chi connectivity index (χ1) is 14.0. The van der Waals surface area contributed by atoms with E-state index in [2.05, 4.69) is 11.1 Å². The van der Waals surface area contributed by atoms with Gasteiger partial charge < -0.3 is 20.4 Å². The minimum Gasteiger partial charge on any atom is -0.457 e. The fraction of sp³-hybridized carbons (Fsp3) is 0.304. The molecule has 2 heterocycles. The number of aromatic amines is 1. The Kier molecular flexibility index (Phi) is 8.31. The van der Waals surface area contributed by atoms with Crippen LogP contribution in [0.4, 0.5) is 5.69 Å². The van der Waals surface area contributed by atoms with Crippen LogP contribution in [0.5, 0.6) is 11.5 Å². The standard InChI is InChI=1S/C23H24N4O2.2H2S/c1-15(23(28)27-10-2-3-18(27)13-24)11-16-14-26-22-9-8-20(12-21(16)22)29-19-6-4-17(25)5-7-19;;/h4-9,12,14-15,18,26H,2-3,10-11,25H2,1H3;2*1H2/t15-,18-;;/m0../s1. The normalized spacial score (nSPS) is 16.1. The molecule has 1 amide bonds. The number of ether oxygens (including phenoxy) is 1. The molecule has 2 atom stereocenters. The van der Waals surface area contributed by atoms with Gasteiger partial charge in [0, 0.05) is 35.2 Å². The van der Waals surface area contributed by atoms with Crippen LogP contribution < -0.4 is 10.5 Å². The molecule has 0 aliphatic carbocycles. The number of aromatic nitrogens is 1. The first-order valence-corrected chi connectivity index (χ1v) is 9.88. The molecule has 3 N–H and O–H groups in total. The van der Waals surface area contributed by atoms with E-state index in [1.54, 1.807) is 17.0 Å². The van der Waals surface area contributed by atoms with Crippen molar-refractivity contribution < 1.29 is 9.53 Å². The summed E-state index contributed by atoms with van der Waals surface area (Å²) in [6.45, 7) is 2.61. The number of nitrogens with one attached hydrogen (secondary N) is 1. The van der Waals surface area contributed by atoms with E-state index >= 15 is 0 Å². The van der Waals surface area contributed by atoms with Crippen LogP contribution in [-0.2, 0) is 11.2 Å². The van der Waals surface area contributed by atoms with Crippen molar-refractivity contribution in [3.05, 3.63) is 54.2 Å². The lowest BCUT2D eigenvalue weighted by atomic mass is 9.99. The van der Waals surface area contributed by atoms with Crippen LogP contribution in [-0.4, -0.2) is 28.4 Å². The van der Waals surface area contributed by atoms with Gasteiger partial charge in [-0.2, -0.15) is 32.3 Å². The highest BCUT2D eigenvalue weighted by molar-refractivity contribution is 7.59. The highest BCUT2D eigenvalue weighted by Gasteiger charge is 2.31. The first-order valence-electron chi connectivity index (χ1n) is 9.88. The summed E-state index contributed by atoms with van der Waals surface area (Å²) in [7, 11) is 0. The van der Waals surface area contributed by atoms with Crippen LogP contribution in [0, 0.1) is 17.2 Å². The van der Waals surface area contributed by atoms with Gasteiger partial charge in [0.2, 0.25) is 5.91 Å². The molecule has 0 saturated carbocycles. The van der Waals surface area contributed by atoms with Gasteiger partial charge in [0.25, 0.3) is 0 Å². The van der Waals surface area contributed by atoms with Crippen molar-refractivity contribution in [2.24, 2.45) is 5.92 Å². The number of H-pyrrole nitrogens is 1. The van der Waals surface area contributed by atoms with Gasteiger partial charge in [-0.25, -0.2) is 0 Å². The maximum atomic E-state index is 12.8. The van der Waals surface area contributed by atoms with Crippen molar-refractivity contribution in [3.8, 4) is 17.6 Å². The van der Waals surface area contributed by atoms with Gasteiger partial charge in [0.15, 0.2) is 0 Å². The van der Waals surface area contributed by atoms with E-state index in [-0.39, 0.29) is 44.9 Å². The summed E-state index contributed by atoms with van der Waals surface area (Å²) >= 11 is 0. The molecule has 31 heavy (non-hydrogen) atoms. The van der Waals surface area contributed by atoms with Gasteiger partial charge in [0.1, 0.15) is 17.5 Å². The molecular formula is C23H28N4O2S2. The second-order valence-corrected chi connectivity index (χ2v) is 7.62. The third-order valence-corrected chi connectivity index (χ3v) is 5.49. The van der Waals surface area contributed by atoms with Crippen molar-refractivity contribution in [2.75, 3.05) is 12.3 Å². The SMILES string of the molecule is C[C@@H](Cc1c[nH]c2ccc(Oc3ccc(N)cc3)cc12)C(=O)N1CCC[C@H]1C#N.S.S. The molecular weight excluding hydrogens is 428 g/mol. The molecule has 0 spiro atoms. The average Bonchev–Trinajstić information content (AvgIpc) is 3.36. The molecule has 164 valence electrons. The Hall–Kier alpha value is -2.76. The van der Waals surface area contributed by atoms with E-state index in [9.17, 15) is 10.1 Å². The average molecular weight is 457 g/mol. The van der Waals surface area contributed by atoms with Crippen LogP contribution in [0.3, 0.4) is 0 Å². The maximum absolute atomic E-state index is 12.8. The van der Waals surface area contributed by atoms with Crippen molar-refractivity contribution in [1.29, 1.82) is 5.26 Å². The monoisotopic (exact) mass is 456 g/mol. The number of nitrogens with zero attached hydrogens (tertiary/aromatic N) is 2. The number of nitrogens with two attached hydrogens (primary N) is 1. The molecule has 1 aliphatic rings. The topological polar surface area (TPSA) is 95.1 Å². The predicted molar refractivity (Wildman–Crippen MR) is 133 cm³/mol. The Morgan fingerprint density at radius 2 is 1.97 bits per heavy atom. The van der Waals surface area contributed by atoms with Crippen LogP contribution in [0.1, 0.15) is 25.3 Å². The summed E-state index contributed by atoms with van der Waals surface area (Å²) in [5.74, 6) is 1.31. The number of rotatable bonds is 5. The third kappa shape index (κ3) is 5.30. The number of nitrogen functional groups attached to an aromatic ring is 1. The summed E-state index contributed by atoms with van der Waals surface area (Å²) in [5.41, 5.74) is 8.48. The summed E-state index contributed by atoms with van der Waals surface area (Å²) < 4.78 is 5.95. The fourth-order valence-corrected chi connectivity index (χ4v) is 3.93. The quantitative estimate of drug-likeness (QED) is 0.554. The molecule has 0 bridgehead atoms. The van der Waals surface area contributed by atoms with Crippen molar-refractivity contribution in [2.45, 2.75) is 32.2 Å². The smallest absolute Gasteiger partial charge is 0.226 e. The second kappa shape index (κ2) is 10.5. The summed E-state index contributed by atoms with van der Waals surface area (Å²) in [4.78, 5) is 17.8. The van der Waals surface area contributed by atoms with E-state index < -0.39 is 0 Å². The number of hydrogen-bond acceptors (Lipinski definition) is 4. The fourth-order valence-electron chi connectivity index (χ4n) is 3.93. The minimum absolute atomic E-state index is 0. The molecule has 1 aliphatic heterocycles. The largest absolute Gasteiger partial charge is 0.457 e. The summed E-state index contributed by atoms with van der Waals surface area (Å²) in [5, 5.41) is 10.3. The van der Waals surface area contributed by atoms with Crippen molar-refractivity contribution in [3.63, 3.8) is 0 Å². The molecule has 6 nitrogen and oxygen atoms in total. The van der Waals surface area contributed by atoms with Crippen LogP contribution >= 0.6 is 27.0 Å². The molecule has 4 rings (SSSR count). The molecule has 1 aromatic heterocycles. The zero-order chi connectivity index (χ0) is 20.4. The van der Waals surface area contributed by atoms with E-state index in [4.69, 9.17) is 10.5 Å². The number of amides is 1. The Bertz CT molecular complexity index is 1080. The highest BCUT2D eigenvalue weighted by Crippen LogP contribution is 2.29. The molecule has 1 saturated heterocycles. The van der Waals surface area contributed by atoms with E-state index in [0.29, 0.717) is 18.7 Å². The Morgan fingerprint density at radius 3 is 2.68 bits per heavy atom. The number of anilines is 1. The number of hydrogen-bond donors (Lipinski definition) is 2. The molecule has 3 aromatic rings. The Labute approximate surface area is 196 Å². The van der Waals surface area contributed by atoms with Gasteiger partial charge in [0.05, 0.1) is 6.07 Å². The highest BCUT2D eigenvalue weighted by atomic mass is 32.1. The van der Waals surface area contributed by atoms with Crippen molar-refractivity contribution in [1.82, 2.24) is 9.88 Å². The van der Waals surface area contributed by atoms with E-state index in [1.165, 1.54) is 0 Å². The maximum Gasteiger partial charge on any atom is 0.226 e. The molecule has 0 unspecified atom stereocenters. The number of carbonyl (C=O) groups is 1. The molecule has 1 fully saturated rings. The Morgan fingerprint density at radius 1 is 1.26 bits per heavy atom. The van der Waals surface area contributed by atoms with E-state index in [1.807, 2.05) is 43.5 Å². The Balaban J connectivity index is 0.00000171. The predicted octanol–water partition coefficient (Wildman–Crippen LogP) is 4.46. The first kappa shape index (κ1) is 24.5. The number of carbonyl (C=O) groups excluding carboxylic acids is 1. The van der Waals surface area contributed by atoms with Gasteiger partial charge >= 0.3 is 0 Å². The minimum atomic E-state index is -0.284.